The Hall–Kier alpha value is -0.820. The van der Waals surface area contributed by atoms with Gasteiger partial charge in [0.05, 0.1) is 0 Å². The maximum atomic E-state index is 10.1. The molecule has 0 aliphatic heterocycles. The van der Waals surface area contributed by atoms with Crippen LogP contribution in [0.5, 0.6) is 0 Å². The standard InChI is InChI=1S/C12H15ClO/c13-12-8-6-11(7-9-12)5-3-1-2-4-10-14/h6-10H,1-5H2. The van der Waals surface area contributed by atoms with Crippen LogP contribution in [0.4, 0.5) is 0 Å². The molecule has 1 rings (SSSR count). The molecule has 2 heteroatoms. The van der Waals surface area contributed by atoms with Gasteiger partial charge in [0.25, 0.3) is 0 Å². The van der Waals surface area contributed by atoms with Gasteiger partial charge >= 0.3 is 0 Å². The number of carbonyl (C=O) groups is 1. The molecule has 1 aromatic carbocycles. The summed E-state index contributed by atoms with van der Waals surface area (Å²) < 4.78 is 0. The zero-order chi connectivity index (χ0) is 10.2. The Labute approximate surface area is 90.1 Å². The summed E-state index contributed by atoms with van der Waals surface area (Å²) in [5.74, 6) is 0. The van der Waals surface area contributed by atoms with Crippen molar-refractivity contribution in [1.82, 2.24) is 0 Å². The van der Waals surface area contributed by atoms with Crippen LogP contribution < -0.4 is 0 Å². The Morgan fingerprint density at radius 2 is 1.79 bits per heavy atom. The number of aldehydes is 1. The molecule has 0 aliphatic carbocycles. The Balaban J connectivity index is 2.18. The van der Waals surface area contributed by atoms with Gasteiger partial charge in [-0.05, 0) is 37.0 Å². The first-order valence-corrected chi connectivity index (χ1v) is 5.39. The van der Waals surface area contributed by atoms with Gasteiger partial charge in [0.2, 0.25) is 0 Å². The fraction of sp³-hybridized carbons (Fsp3) is 0.417. The Bertz CT molecular complexity index is 266. The molecule has 0 saturated heterocycles. The highest BCUT2D eigenvalue weighted by molar-refractivity contribution is 6.30. The van der Waals surface area contributed by atoms with Crippen molar-refractivity contribution in [2.75, 3.05) is 0 Å². The van der Waals surface area contributed by atoms with E-state index in [4.69, 9.17) is 11.6 Å². The molecule has 0 N–H and O–H groups in total. The van der Waals surface area contributed by atoms with E-state index in [0.717, 1.165) is 37.0 Å². The first-order valence-electron chi connectivity index (χ1n) is 5.01. The minimum Gasteiger partial charge on any atom is -0.303 e. The van der Waals surface area contributed by atoms with Crippen molar-refractivity contribution in [3.8, 4) is 0 Å². The molecule has 1 nitrogen and oxygen atoms in total. The average Bonchev–Trinajstić information content (AvgIpc) is 2.21. The second-order valence-corrected chi connectivity index (χ2v) is 3.83. The number of aryl methyl sites for hydroxylation is 1. The van der Waals surface area contributed by atoms with Crippen molar-refractivity contribution in [2.45, 2.75) is 32.1 Å². The van der Waals surface area contributed by atoms with Gasteiger partial charge in [-0.1, -0.05) is 30.2 Å². The third-order valence-corrected chi connectivity index (χ3v) is 2.45. The third-order valence-electron chi connectivity index (χ3n) is 2.20. The van der Waals surface area contributed by atoms with E-state index in [-0.39, 0.29) is 0 Å². The van der Waals surface area contributed by atoms with Crippen LogP contribution in [0.25, 0.3) is 0 Å². The predicted octanol–water partition coefficient (Wildman–Crippen LogP) is 3.64. The van der Waals surface area contributed by atoms with Gasteiger partial charge in [0, 0.05) is 11.4 Å². The molecule has 0 amide bonds. The van der Waals surface area contributed by atoms with E-state index in [9.17, 15) is 4.79 Å². The maximum Gasteiger partial charge on any atom is 0.119 e. The molecular formula is C12H15ClO. The molecule has 0 radical (unpaired) electrons. The molecule has 0 aliphatic rings. The molecule has 0 heterocycles. The van der Waals surface area contributed by atoms with Crippen molar-refractivity contribution in [3.63, 3.8) is 0 Å². The van der Waals surface area contributed by atoms with E-state index in [1.165, 1.54) is 5.56 Å². The Kier molecular flexibility index (Phi) is 5.31. The predicted molar refractivity (Wildman–Crippen MR) is 59.7 cm³/mol. The number of hydrogen-bond donors (Lipinski definition) is 0. The number of halogens is 1. The topological polar surface area (TPSA) is 17.1 Å². The van der Waals surface area contributed by atoms with Crippen LogP contribution in [-0.4, -0.2) is 6.29 Å². The molecule has 1 aromatic rings. The van der Waals surface area contributed by atoms with Crippen LogP contribution in [0.15, 0.2) is 24.3 Å². The first kappa shape index (κ1) is 11.3. The highest BCUT2D eigenvalue weighted by Crippen LogP contribution is 2.12. The minimum absolute atomic E-state index is 0.695. The summed E-state index contributed by atoms with van der Waals surface area (Å²) in [5.41, 5.74) is 1.32. The van der Waals surface area contributed by atoms with Gasteiger partial charge in [0.1, 0.15) is 6.29 Å². The summed E-state index contributed by atoms with van der Waals surface area (Å²) in [7, 11) is 0. The summed E-state index contributed by atoms with van der Waals surface area (Å²) in [4.78, 5) is 10.1. The van der Waals surface area contributed by atoms with E-state index in [1.54, 1.807) is 0 Å². The molecule has 76 valence electrons. The lowest BCUT2D eigenvalue weighted by Crippen LogP contribution is -1.85. The molecule has 0 spiro atoms. The van der Waals surface area contributed by atoms with Crippen molar-refractivity contribution in [3.05, 3.63) is 34.9 Å². The van der Waals surface area contributed by atoms with E-state index < -0.39 is 0 Å². The molecule has 14 heavy (non-hydrogen) atoms. The van der Waals surface area contributed by atoms with Crippen molar-refractivity contribution in [1.29, 1.82) is 0 Å². The van der Waals surface area contributed by atoms with E-state index in [2.05, 4.69) is 12.1 Å². The highest BCUT2D eigenvalue weighted by Gasteiger charge is 1.93. The lowest BCUT2D eigenvalue weighted by molar-refractivity contribution is -0.107. The van der Waals surface area contributed by atoms with Crippen LogP contribution in [0.1, 0.15) is 31.2 Å². The highest BCUT2D eigenvalue weighted by atomic mass is 35.5. The van der Waals surface area contributed by atoms with Gasteiger partial charge < -0.3 is 4.79 Å². The maximum absolute atomic E-state index is 10.1. The van der Waals surface area contributed by atoms with Crippen LogP contribution >= 0.6 is 11.6 Å². The van der Waals surface area contributed by atoms with Gasteiger partial charge in [-0.15, -0.1) is 0 Å². The van der Waals surface area contributed by atoms with E-state index in [0.29, 0.717) is 6.42 Å². The van der Waals surface area contributed by atoms with Gasteiger partial charge in [-0.2, -0.15) is 0 Å². The quantitative estimate of drug-likeness (QED) is 0.518. The third kappa shape index (κ3) is 4.43. The number of rotatable bonds is 6. The van der Waals surface area contributed by atoms with Gasteiger partial charge in [-0.25, -0.2) is 0 Å². The monoisotopic (exact) mass is 210 g/mol. The van der Waals surface area contributed by atoms with Crippen molar-refractivity contribution in [2.24, 2.45) is 0 Å². The normalized spacial score (nSPS) is 10.1. The van der Waals surface area contributed by atoms with E-state index in [1.807, 2.05) is 12.1 Å². The fourth-order valence-electron chi connectivity index (χ4n) is 1.38. The summed E-state index contributed by atoms with van der Waals surface area (Å²) in [6, 6.07) is 7.95. The molecule has 0 saturated carbocycles. The molecule has 0 unspecified atom stereocenters. The zero-order valence-electron chi connectivity index (χ0n) is 8.21. The second-order valence-electron chi connectivity index (χ2n) is 3.39. The van der Waals surface area contributed by atoms with Crippen LogP contribution in [-0.2, 0) is 11.2 Å². The Morgan fingerprint density at radius 3 is 2.43 bits per heavy atom. The number of hydrogen-bond acceptors (Lipinski definition) is 1. The van der Waals surface area contributed by atoms with Crippen LogP contribution in [0.3, 0.4) is 0 Å². The number of benzene rings is 1. The minimum atomic E-state index is 0.695. The van der Waals surface area contributed by atoms with E-state index >= 15 is 0 Å². The summed E-state index contributed by atoms with van der Waals surface area (Å²) in [5, 5.41) is 0.787. The summed E-state index contributed by atoms with van der Waals surface area (Å²) in [6.45, 7) is 0. The van der Waals surface area contributed by atoms with Gasteiger partial charge in [0.15, 0.2) is 0 Å². The average molecular weight is 211 g/mol. The zero-order valence-corrected chi connectivity index (χ0v) is 8.96. The van der Waals surface area contributed by atoms with Crippen LogP contribution in [0.2, 0.25) is 5.02 Å². The second kappa shape index (κ2) is 6.61. The fourth-order valence-corrected chi connectivity index (χ4v) is 1.51. The smallest absolute Gasteiger partial charge is 0.119 e. The van der Waals surface area contributed by atoms with Crippen molar-refractivity contribution >= 4 is 17.9 Å². The molecule has 0 fully saturated rings. The summed E-state index contributed by atoms with van der Waals surface area (Å²) >= 11 is 5.78. The number of unbranched alkanes of at least 4 members (excludes halogenated alkanes) is 3. The lowest BCUT2D eigenvalue weighted by Gasteiger charge is -2.00. The largest absolute Gasteiger partial charge is 0.303 e. The molecule has 0 bridgehead atoms. The number of carbonyl (C=O) groups excluding carboxylic acids is 1. The molecule has 0 aromatic heterocycles. The van der Waals surface area contributed by atoms with Crippen molar-refractivity contribution < 1.29 is 4.79 Å². The SMILES string of the molecule is O=CCCCCCc1ccc(Cl)cc1. The first-order chi connectivity index (χ1) is 6.83. The molecular weight excluding hydrogens is 196 g/mol. The summed E-state index contributed by atoms with van der Waals surface area (Å²) in [6.07, 6.45) is 6.05. The van der Waals surface area contributed by atoms with Crippen LogP contribution in [0, 0.1) is 0 Å². The lowest BCUT2D eigenvalue weighted by atomic mass is 10.1. The van der Waals surface area contributed by atoms with Gasteiger partial charge in [-0.3, -0.25) is 0 Å². The molecule has 0 atom stereocenters. The Morgan fingerprint density at radius 1 is 1.07 bits per heavy atom.